The summed E-state index contributed by atoms with van der Waals surface area (Å²) >= 11 is 0. The second-order valence-electron chi connectivity index (χ2n) is 3.75. The van der Waals surface area contributed by atoms with Crippen LogP contribution in [0.5, 0.6) is 5.75 Å². The van der Waals surface area contributed by atoms with Gasteiger partial charge in [-0.1, -0.05) is 30.3 Å². The van der Waals surface area contributed by atoms with E-state index in [-0.39, 0.29) is 5.91 Å². The monoisotopic (exact) mass is 242 g/mol. The lowest BCUT2D eigenvalue weighted by Gasteiger charge is -2.10. The Morgan fingerprint density at radius 3 is 2.50 bits per heavy atom. The van der Waals surface area contributed by atoms with Gasteiger partial charge in [0.1, 0.15) is 5.75 Å². The molecule has 0 heterocycles. The van der Waals surface area contributed by atoms with E-state index < -0.39 is 0 Å². The minimum Gasteiger partial charge on any atom is -0.497 e. The molecule has 2 aromatic carbocycles. The van der Waals surface area contributed by atoms with Gasteiger partial charge in [0.25, 0.3) is 5.91 Å². The molecule has 2 aromatic rings. The van der Waals surface area contributed by atoms with Crippen LogP contribution in [0.25, 0.3) is 11.1 Å². The maximum atomic E-state index is 11.8. The van der Waals surface area contributed by atoms with Crippen molar-refractivity contribution in [2.24, 2.45) is 5.84 Å². The van der Waals surface area contributed by atoms with Gasteiger partial charge in [-0.15, -0.1) is 0 Å². The number of ether oxygens (including phenoxy) is 1. The van der Waals surface area contributed by atoms with Crippen molar-refractivity contribution in [3.63, 3.8) is 0 Å². The van der Waals surface area contributed by atoms with Crippen molar-refractivity contribution in [2.45, 2.75) is 0 Å². The van der Waals surface area contributed by atoms with Gasteiger partial charge in [-0.05, 0) is 29.3 Å². The van der Waals surface area contributed by atoms with E-state index in [1.807, 2.05) is 42.5 Å². The summed E-state index contributed by atoms with van der Waals surface area (Å²) in [5.74, 6) is 5.48. The number of methoxy groups -OCH3 is 1. The van der Waals surface area contributed by atoms with Crippen molar-refractivity contribution < 1.29 is 9.53 Å². The number of benzene rings is 2. The number of hydrogen-bond acceptors (Lipinski definition) is 3. The fourth-order valence-electron chi connectivity index (χ4n) is 1.79. The standard InChI is InChI=1S/C14H14N2O2/c1-18-11-7-8-12(10-5-3-2-4-6-10)13(9-11)14(17)16-15/h2-9H,15H2,1H3,(H,16,17). The van der Waals surface area contributed by atoms with Gasteiger partial charge in [0, 0.05) is 0 Å². The molecule has 2 rings (SSSR count). The van der Waals surface area contributed by atoms with Gasteiger partial charge in [0.2, 0.25) is 0 Å². The van der Waals surface area contributed by atoms with Gasteiger partial charge in [-0.25, -0.2) is 5.84 Å². The van der Waals surface area contributed by atoms with Crippen LogP contribution in [0.3, 0.4) is 0 Å². The Morgan fingerprint density at radius 2 is 1.89 bits per heavy atom. The molecule has 0 atom stereocenters. The van der Waals surface area contributed by atoms with E-state index in [2.05, 4.69) is 5.43 Å². The van der Waals surface area contributed by atoms with E-state index in [1.54, 1.807) is 13.2 Å². The average molecular weight is 242 g/mol. The molecule has 92 valence electrons. The Morgan fingerprint density at radius 1 is 1.17 bits per heavy atom. The fraction of sp³-hybridized carbons (Fsp3) is 0.0714. The summed E-state index contributed by atoms with van der Waals surface area (Å²) in [6, 6.07) is 15.0. The Balaban J connectivity index is 2.56. The molecule has 0 bridgehead atoms. The highest BCUT2D eigenvalue weighted by molar-refractivity contribution is 6.01. The quantitative estimate of drug-likeness (QED) is 0.491. The molecule has 18 heavy (non-hydrogen) atoms. The summed E-state index contributed by atoms with van der Waals surface area (Å²) in [5, 5.41) is 0. The lowest BCUT2D eigenvalue weighted by Crippen LogP contribution is -2.30. The summed E-state index contributed by atoms with van der Waals surface area (Å²) in [7, 11) is 1.56. The van der Waals surface area contributed by atoms with E-state index in [0.717, 1.165) is 11.1 Å². The zero-order valence-corrected chi connectivity index (χ0v) is 10.0. The molecule has 0 fully saturated rings. The predicted octanol–water partition coefficient (Wildman–Crippen LogP) is 1.97. The molecule has 0 unspecified atom stereocenters. The first-order valence-corrected chi connectivity index (χ1v) is 5.50. The third-order valence-corrected chi connectivity index (χ3v) is 2.69. The second kappa shape index (κ2) is 5.33. The van der Waals surface area contributed by atoms with Crippen LogP contribution in [0.4, 0.5) is 0 Å². The SMILES string of the molecule is COc1ccc(-c2ccccc2)c(C(=O)NN)c1. The molecule has 1 amide bonds. The van der Waals surface area contributed by atoms with Crippen LogP contribution in [-0.2, 0) is 0 Å². The molecule has 0 aliphatic carbocycles. The summed E-state index contributed by atoms with van der Waals surface area (Å²) in [5.41, 5.74) is 4.41. The molecule has 3 N–H and O–H groups in total. The third-order valence-electron chi connectivity index (χ3n) is 2.69. The smallest absolute Gasteiger partial charge is 0.265 e. The van der Waals surface area contributed by atoms with E-state index in [1.165, 1.54) is 0 Å². The first-order chi connectivity index (χ1) is 8.76. The molecule has 0 aliphatic heterocycles. The van der Waals surface area contributed by atoms with Crippen molar-refractivity contribution in [1.82, 2.24) is 5.43 Å². The van der Waals surface area contributed by atoms with Crippen LogP contribution in [0.15, 0.2) is 48.5 Å². The van der Waals surface area contributed by atoms with E-state index in [9.17, 15) is 4.79 Å². The highest BCUT2D eigenvalue weighted by atomic mass is 16.5. The number of nitrogens with two attached hydrogens (primary N) is 1. The Bertz CT molecular complexity index is 553. The summed E-state index contributed by atoms with van der Waals surface area (Å²) in [4.78, 5) is 11.8. The number of nitrogens with one attached hydrogen (secondary N) is 1. The summed E-state index contributed by atoms with van der Waals surface area (Å²) in [6.07, 6.45) is 0. The topological polar surface area (TPSA) is 64.3 Å². The molecular formula is C14H14N2O2. The Kier molecular flexibility index (Phi) is 3.60. The third kappa shape index (κ3) is 2.33. The highest BCUT2D eigenvalue weighted by Gasteiger charge is 2.12. The average Bonchev–Trinajstić information content (AvgIpc) is 2.46. The zero-order chi connectivity index (χ0) is 13.0. The van der Waals surface area contributed by atoms with Crippen molar-refractivity contribution in [1.29, 1.82) is 0 Å². The zero-order valence-electron chi connectivity index (χ0n) is 10.0. The molecule has 0 aliphatic rings. The highest BCUT2D eigenvalue weighted by Crippen LogP contribution is 2.27. The molecular weight excluding hydrogens is 228 g/mol. The van der Waals surface area contributed by atoms with Gasteiger partial charge < -0.3 is 4.74 Å². The second-order valence-corrected chi connectivity index (χ2v) is 3.75. The molecule has 4 heteroatoms. The molecule has 4 nitrogen and oxygen atoms in total. The van der Waals surface area contributed by atoms with Gasteiger partial charge in [0.05, 0.1) is 12.7 Å². The maximum absolute atomic E-state index is 11.8. The van der Waals surface area contributed by atoms with Crippen molar-refractivity contribution in [3.05, 3.63) is 54.1 Å². The summed E-state index contributed by atoms with van der Waals surface area (Å²) in [6.45, 7) is 0. The van der Waals surface area contributed by atoms with E-state index >= 15 is 0 Å². The number of hydrogen-bond donors (Lipinski definition) is 2. The van der Waals surface area contributed by atoms with Crippen LogP contribution in [-0.4, -0.2) is 13.0 Å². The molecule has 0 aromatic heterocycles. The van der Waals surface area contributed by atoms with Crippen LogP contribution >= 0.6 is 0 Å². The number of rotatable bonds is 3. The van der Waals surface area contributed by atoms with Crippen molar-refractivity contribution in [3.8, 4) is 16.9 Å². The number of carbonyl (C=O) groups excluding carboxylic acids is 1. The molecule has 0 saturated heterocycles. The van der Waals surface area contributed by atoms with Crippen LogP contribution in [0.2, 0.25) is 0 Å². The Hall–Kier alpha value is -2.33. The first kappa shape index (κ1) is 12.1. The lowest BCUT2D eigenvalue weighted by molar-refractivity contribution is 0.0954. The number of hydrazine groups is 1. The summed E-state index contributed by atoms with van der Waals surface area (Å²) < 4.78 is 5.12. The van der Waals surface area contributed by atoms with Crippen molar-refractivity contribution in [2.75, 3.05) is 7.11 Å². The van der Waals surface area contributed by atoms with E-state index in [4.69, 9.17) is 10.6 Å². The number of nitrogen functional groups attached to an aromatic ring is 1. The maximum Gasteiger partial charge on any atom is 0.265 e. The van der Waals surface area contributed by atoms with Gasteiger partial charge in [-0.3, -0.25) is 10.2 Å². The van der Waals surface area contributed by atoms with Gasteiger partial charge in [0.15, 0.2) is 0 Å². The molecule has 0 saturated carbocycles. The van der Waals surface area contributed by atoms with Crippen LogP contribution in [0, 0.1) is 0 Å². The first-order valence-electron chi connectivity index (χ1n) is 5.50. The van der Waals surface area contributed by atoms with Gasteiger partial charge >= 0.3 is 0 Å². The Labute approximate surface area is 105 Å². The lowest BCUT2D eigenvalue weighted by atomic mass is 9.99. The van der Waals surface area contributed by atoms with Crippen LogP contribution in [0.1, 0.15) is 10.4 Å². The fourth-order valence-corrected chi connectivity index (χ4v) is 1.79. The normalized spacial score (nSPS) is 9.89. The minimum absolute atomic E-state index is 0.340. The minimum atomic E-state index is -0.340. The van der Waals surface area contributed by atoms with Gasteiger partial charge in [-0.2, -0.15) is 0 Å². The predicted molar refractivity (Wildman–Crippen MR) is 70.1 cm³/mol. The van der Waals surface area contributed by atoms with Crippen molar-refractivity contribution >= 4 is 5.91 Å². The molecule has 0 radical (unpaired) electrons. The van der Waals surface area contributed by atoms with E-state index in [0.29, 0.717) is 11.3 Å². The number of amides is 1. The largest absolute Gasteiger partial charge is 0.497 e. The van der Waals surface area contributed by atoms with Crippen LogP contribution < -0.4 is 16.0 Å². The number of carbonyl (C=O) groups is 1. The molecule has 0 spiro atoms.